The van der Waals surface area contributed by atoms with Crippen LogP contribution >= 0.6 is 0 Å². The van der Waals surface area contributed by atoms with Gasteiger partial charge >= 0.3 is 5.97 Å². The van der Waals surface area contributed by atoms with Gasteiger partial charge in [-0.15, -0.1) is 5.10 Å². The fourth-order valence-electron chi connectivity index (χ4n) is 1.59. The largest absolute Gasteiger partial charge is 0.469 e. The van der Waals surface area contributed by atoms with Gasteiger partial charge in [-0.05, 0) is 24.6 Å². The zero-order valence-corrected chi connectivity index (χ0v) is 12.3. The summed E-state index contributed by atoms with van der Waals surface area (Å²) in [6, 6.07) is 5.91. The first-order valence-electron chi connectivity index (χ1n) is 5.98. The highest BCUT2D eigenvalue weighted by Gasteiger charge is 2.16. The molecule has 0 amide bonds. The number of nitrogens with one attached hydrogen (secondary N) is 2. The van der Waals surface area contributed by atoms with Gasteiger partial charge in [-0.1, -0.05) is 12.1 Å². The molecule has 8 nitrogen and oxygen atoms in total. The van der Waals surface area contributed by atoms with E-state index < -0.39 is 10.0 Å². The van der Waals surface area contributed by atoms with Gasteiger partial charge in [0.1, 0.15) is 5.82 Å². The molecule has 0 aliphatic heterocycles. The second-order valence-electron chi connectivity index (χ2n) is 4.25. The van der Waals surface area contributed by atoms with Gasteiger partial charge in [0.2, 0.25) is 0 Å². The number of carbonyl (C=O) groups is 1. The van der Waals surface area contributed by atoms with E-state index in [1.54, 1.807) is 19.1 Å². The number of hydrogen-bond donors (Lipinski definition) is 2. The van der Waals surface area contributed by atoms with Crippen molar-refractivity contribution in [3.8, 4) is 0 Å². The minimum Gasteiger partial charge on any atom is -0.469 e. The van der Waals surface area contributed by atoms with E-state index in [9.17, 15) is 13.2 Å². The molecule has 0 bridgehead atoms. The third-order valence-corrected chi connectivity index (χ3v) is 3.98. The van der Waals surface area contributed by atoms with E-state index in [0.717, 1.165) is 0 Å². The van der Waals surface area contributed by atoms with E-state index >= 15 is 0 Å². The smallest absolute Gasteiger partial charge is 0.309 e. The standard InChI is InChI=1S/C12H14N4O4S/c1-8-13-12(15-14-8)16-21(18,19)10-5-3-9(4-6-10)7-11(17)20-2/h3-6H,7H2,1-2H3,(H2,13,14,15,16). The molecule has 0 radical (unpaired) electrons. The van der Waals surface area contributed by atoms with Gasteiger partial charge < -0.3 is 4.74 Å². The van der Waals surface area contributed by atoms with Crippen LogP contribution < -0.4 is 4.72 Å². The Morgan fingerprint density at radius 3 is 2.52 bits per heavy atom. The van der Waals surface area contributed by atoms with E-state index in [2.05, 4.69) is 24.6 Å². The Morgan fingerprint density at radius 2 is 2.00 bits per heavy atom. The van der Waals surface area contributed by atoms with Crippen molar-refractivity contribution in [2.45, 2.75) is 18.2 Å². The summed E-state index contributed by atoms with van der Waals surface area (Å²) in [7, 11) is -2.47. The molecular weight excluding hydrogens is 296 g/mol. The molecule has 0 saturated carbocycles. The molecule has 0 fully saturated rings. The van der Waals surface area contributed by atoms with Crippen LogP contribution in [0.4, 0.5) is 5.95 Å². The summed E-state index contributed by atoms with van der Waals surface area (Å²) >= 11 is 0. The Hall–Kier alpha value is -2.42. The molecule has 0 unspecified atom stereocenters. The molecule has 0 saturated heterocycles. The average molecular weight is 310 g/mol. The number of benzene rings is 1. The molecule has 2 aromatic rings. The highest BCUT2D eigenvalue weighted by molar-refractivity contribution is 7.92. The summed E-state index contributed by atoms with van der Waals surface area (Å²) in [5, 5.41) is 6.25. The number of aromatic nitrogens is 3. The molecule has 1 heterocycles. The van der Waals surface area contributed by atoms with Crippen LogP contribution in [0.1, 0.15) is 11.4 Å². The molecule has 1 aromatic carbocycles. The van der Waals surface area contributed by atoms with Gasteiger partial charge in [0.15, 0.2) is 0 Å². The zero-order chi connectivity index (χ0) is 15.5. The minimum atomic E-state index is -3.76. The lowest BCUT2D eigenvalue weighted by Gasteiger charge is -2.05. The Bertz CT molecular complexity index is 737. The Labute approximate surface area is 121 Å². The number of aryl methyl sites for hydroxylation is 1. The highest BCUT2D eigenvalue weighted by atomic mass is 32.2. The molecule has 0 aliphatic carbocycles. The molecule has 2 rings (SSSR count). The normalized spacial score (nSPS) is 11.1. The Morgan fingerprint density at radius 1 is 1.33 bits per heavy atom. The van der Waals surface area contributed by atoms with Crippen molar-refractivity contribution in [3.63, 3.8) is 0 Å². The Kier molecular flexibility index (Phi) is 4.22. The number of rotatable bonds is 5. The van der Waals surface area contributed by atoms with Crippen LogP contribution in [0.15, 0.2) is 29.2 Å². The molecule has 0 aliphatic rings. The van der Waals surface area contributed by atoms with Crippen LogP contribution in [0.3, 0.4) is 0 Å². The van der Waals surface area contributed by atoms with Crippen LogP contribution in [-0.2, 0) is 26.0 Å². The number of anilines is 1. The number of ether oxygens (including phenoxy) is 1. The number of nitrogens with zero attached hydrogens (tertiary/aromatic N) is 2. The first-order chi connectivity index (χ1) is 9.90. The molecule has 0 atom stereocenters. The monoisotopic (exact) mass is 310 g/mol. The number of aromatic amines is 1. The highest BCUT2D eigenvalue weighted by Crippen LogP contribution is 2.14. The lowest BCUT2D eigenvalue weighted by atomic mass is 10.2. The molecule has 112 valence electrons. The second-order valence-corrected chi connectivity index (χ2v) is 5.93. The first kappa shape index (κ1) is 15.0. The van der Waals surface area contributed by atoms with Gasteiger partial charge in [0.25, 0.3) is 16.0 Å². The number of methoxy groups -OCH3 is 1. The van der Waals surface area contributed by atoms with Crippen LogP contribution in [-0.4, -0.2) is 36.7 Å². The van der Waals surface area contributed by atoms with Gasteiger partial charge in [-0.3, -0.25) is 9.89 Å². The predicted molar refractivity (Wildman–Crippen MR) is 74.1 cm³/mol. The van der Waals surface area contributed by atoms with Crippen LogP contribution in [0.2, 0.25) is 0 Å². The van der Waals surface area contributed by atoms with Crippen molar-refractivity contribution in [1.82, 2.24) is 15.2 Å². The Balaban J connectivity index is 2.15. The average Bonchev–Trinajstić information content (AvgIpc) is 2.83. The number of sulfonamides is 1. The van der Waals surface area contributed by atoms with Crippen LogP contribution in [0.25, 0.3) is 0 Å². The summed E-state index contributed by atoms with van der Waals surface area (Å²) in [5.41, 5.74) is 0.662. The molecule has 2 N–H and O–H groups in total. The van der Waals surface area contributed by atoms with Gasteiger partial charge in [0, 0.05) is 0 Å². The minimum absolute atomic E-state index is 0.0221. The SMILES string of the molecule is COC(=O)Cc1ccc(S(=O)(=O)Nc2n[nH]c(C)n2)cc1. The van der Waals surface area contributed by atoms with Crippen LogP contribution in [0, 0.1) is 6.92 Å². The van der Waals surface area contributed by atoms with Gasteiger partial charge in [-0.2, -0.15) is 4.98 Å². The van der Waals surface area contributed by atoms with Gasteiger partial charge in [0.05, 0.1) is 18.4 Å². The summed E-state index contributed by atoms with van der Waals surface area (Å²) in [6.45, 7) is 1.66. The predicted octanol–water partition coefficient (Wildman–Crippen LogP) is 0.629. The molecule has 9 heteroatoms. The summed E-state index contributed by atoms with van der Waals surface area (Å²) in [6.07, 6.45) is 0.0877. The van der Waals surface area contributed by atoms with E-state index in [1.165, 1.54) is 19.2 Å². The van der Waals surface area contributed by atoms with Crippen molar-refractivity contribution in [1.29, 1.82) is 0 Å². The molecular formula is C12H14N4O4S. The second kappa shape index (κ2) is 5.92. The summed E-state index contributed by atoms with van der Waals surface area (Å²) in [5.74, 6) is 0.0900. The van der Waals surface area contributed by atoms with Crippen molar-refractivity contribution >= 4 is 21.9 Å². The third-order valence-electron chi connectivity index (χ3n) is 2.63. The maximum atomic E-state index is 12.1. The number of hydrogen-bond acceptors (Lipinski definition) is 6. The number of esters is 1. The van der Waals surface area contributed by atoms with Crippen LogP contribution in [0.5, 0.6) is 0 Å². The van der Waals surface area contributed by atoms with Crippen molar-refractivity contribution < 1.29 is 17.9 Å². The first-order valence-corrected chi connectivity index (χ1v) is 7.46. The van der Waals surface area contributed by atoms with Crippen molar-refractivity contribution in [2.75, 3.05) is 11.8 Å². The topological polar surface area (TPSA) is 114 Å². The van der Waals surface area contributed by atoms with E-state index in [-0.39, 0.29) is 23.2 Å². The quantitative estimate of drug-likeness (QED) is 0.783. The van der Waals surface area contributed by atoms with Crippen molar-refractivity contribution in [3.05, 3.63) is 35.7 Å². The zero-order valence-electron chi connectivity index (χ0n) is 11.5. The molecule has 21 heavy (non-hydrogen) atoms. The number of carbonyl (C=O) groups excluding carboxylic acids is 1. The number of H-pyrrole nitrogens is 1. The van der Waals surface area contributed by atoms with Crippen molar-refractivity contribution in [2.24, 2.45) is 0 Å². The fourth-order valence-corrected chi connectivity index (χ4v) is 2.54. The maximum Gasteiger partial charge on any atom is 0.309 e. The lowest BCUT2D eigenvalue weighted by molar-refractivity contribution is -0.139. The molecule has 1 aromatic heterocycles. The maximum absolute atomic E-state index is 12.1. The summed E-state index contributed by atoms with van der Waals surface area (Å²) in [4.78, 5) is 15.1. The van der Waals surface area contributed by atoms with E-state index in [4.69, 9.17) is 0 Å². The van der Waals surface area contributed by atoms with E-state index in [0.29, 0.717) is 11.4 Å². The third kappa shape index (κ3) is 3.78. The van der Waals surface area contributed by atoms with E-state index in [1.807, 2.05) is 0 Å². The summed E-state index contributed by atoms with van der Waals surface area (Å²) < 4.78 is 31.0. The fraction of sp³-hybridized carbons (Fsp3) is 0.250. The molecule has 0 spiro atoms. The lowest BCUT2D eigenvalue weighted by Crippen LogP contribution is -2.14. The van der Waals surface area contributed by atoms with Gasteiger partial charge in [-0.25, -0.2) is 13.1 Å².